The van der Waals surface area contributed by atoms with Crippen molar-refractivity contribution < 1.29 is 43.6 Å². The van der Waals surface area contributed by atoms with Gasteiger partial charge in [0.1, 0.15) is 19.3 Å². The van der Waals surface area contributed by atoms with E-state index < -0.39 is 18.2 Å². The third kappa shape index (κ3) is 58.2. The van der Waals surface area contributed by atoms with Gasteiger partial charge < -0.3 is 40.0 Å². The van der Waals surface area contributed by atoms with E-state index in [1.54, 1.807) is 10.8 Å². The Labute approximate surface area is 554 Å². The number of esters is 2. The van der Waals surface area contributed by atoms with Gasteiger partial charge in [-0.25, -0.2) is 0 Å². The molecule has 14 nitrogen and oxygen atoms in total. The Morgan fingerprint density at radius 2 is 0.933 bits per heavy atom. The highest BCUT2D eigenvalue weighted by Crippen LogP contribution is 2.24. The van der Waals surface area contributed by atoms with E-state index in [0.717, 1.165) is 205 Å². The summed E-state index contributed by atoms with van der Waals surface area (Å²) in [6, 6.07) is -0.633. The van der Waals surface area contributed by atoms with Gasteiger partial charge in [-0.2, -0.15) is 0 Å². The Balaban J connectivity index is 2.76. The number of unbranched alkanes of at least 4 members (excludes halogenated alkanes) is 28. The van der Waals surface area contributed by atoms with Crippen LogP contribution >= 0.6 is 21.6 Å². The van der Waals surface area contributed by atoms with Gasteiger partial charge in [0.2, 0.25) is 11.8 Å². The van der Waals surface area contributed by atoms with Crippen LogP contribution in [0, 0.1) is 0 Å². The molecule has 3 unspecified atom stereocenters. The van der Waals surface area contributed by atoms with Crippen molar-refractivity contribution in [2.75, 3.05) is 103 Å². The first-order chi connectivity index (χ1) is 43.6. The summed E-state index contributed by atoms with van der Waals surface area (Å²) in [6.07, 6.45) is 51.2. The Morgan fingerprint density at radius 1 is 0.483 bits per heavy atom. The van der Waals surface area contributed by atoms with Gasteiger partial charge in [-0.15, -0.1) is 0 Å². The number of nitrogens with zero attached hydrogens (tertiary/aromatic N) is 3. The molecule has 0 aromatic rings. The Hall–Kier alpha value is -2.18. The predicted molar refractivity (Wildman–Crippen MR) is 379 cm³/mol. The smallest absolute Gasteiger partial charge is 0.306 e. The molecule has 0 bridgehead atoms. The summed E-state index contributed by atoms with van der Waals surface area (Å²) in [5, 5.41) is 28.5. The molecular weight excluding hydrogens is 1150 g/mol. The maximum atomic E-state index is 13.8. The molecule has 0 aromatic carbocycles. The summed E-state index contributed by atoms with van der Waals surface area (Å²) in [4.78, 5) is 59.3. The minimum absolute atomic E-state index is 0.0935. The maximum Gasteiger partial charge on any atom is 0.306 e. The van der Waals surface area contributed by atoms with Gasteiger partial charge in [0.25, 0.3) is 0 Å². The second-order valence-electron chi connectivity index (χ2n) is 25.5. The second-order valence-corrected chi connectivity index (χ2v) is 28.2. The second kappa shape index (κ2) is 65.9. The molecule has 1 heterocycles. The molecule has 4 N–H and O–H groups in total. The molecular formula is C73H139N5O9S2. The van der Waals surface area contributed by atoms with Gasteiger partial charge in [-0.05, 0) is 122 Å². The first-order valence-electron chi connectivity index (χ1n) is 37.1. The number of aliphatic hydroxyl groups excluding tert-OH is 2. The average molecular weight is 1300 g/mol. The molecule has 0 aliphatic carbocycles. The molecule has 1 aliphatic rings. The fourth-order valence-electron chi connectivity index (χ4n) is 11.3. The van der Waals surface area contributed by atoms with Crippen molar-refractivity contribution in [1.29, 1.82) is 0 Å². The van der Waals surface area contributed by atoms with Gasteiger partial charge in [0.05, 0.1) is 25.4 Å². The molecule has 2 amide bonds. The van der Waals surface area contributed by atoms with Crippen molar-refractivity contribution in [1.82, 2.24) is 25.3 Å². The maximum absolute atomic E-state index is 13.8. The predicted octanol–water partition coefficient (Wildman–Crippen LogP) is 16.3. The number of ether oxygens (including phenoxy) is 3. The van der Waals surface area contributed by atoms with Crippen LogP contribution in [0.25, 0.3) is 0 Å². The highest BCUT2D eigenvalue weighted by Gasteiger charge is 2.23. The van der Waals surface area contributed by atoms with Crippen molar-refractivity contribution in [2.45, 2.75) is 316 Å². The van der Waals surface area contributed by atoms with Crippen molar-refractivity contribution in [3.05, 3.63) is 24.3 Å². The molecule has 1 saturated heterocycles. The number of aliphatic hydroxyl groups is 2. The van der Waals surface area contributed by atoms with Crippen LogP contribution in [0.3, 0.4) is 0 Å². The van der Waals surface area contributed by atoms with Crippen LogP contribution < -0.4 is 10.6 Å². The number of amides is 2. The summed E-state index contributed by atoms with van der Waals surface area (Å²) in [7, 11) is 3.64. The highest BCUT2D eigenvalue weighted by atomic mass is 33.1. The molecule has 89 heavy (non-hydrogen) atoms. The number of allylic oxidation sites excluding steroid dienone is 2. The number of nitrogens with one attached hydrogen (secondary N) is 2. The highest BCUT2D eigenvalue weighted by molar-refractivity contribution is 8.76. The number of hydrogen-bond acceptors (Lipinski definition) is 14. The van der Waals surface area contributed by atoms with Gasteiger partial charge in [0, 0.05) is 70.0 Å². The van der Waals surface area contributed by atoms with E-state index in [4.69, 9.17) is 14.2 Å². The van der Waals surface area contributed by atoms with Crippen molar-refractivity contribution in [3.8, 4) is 0 Å². The first kappa shape index (κ1) is 84.8. The molecule has 1 fully saturated rings. The fourth-order valence-corrected chi connectivity index (χ4v) is 13.6. The summed E-state index contributed by atoms with van der Waals surface area (Å²) >= 11 is 0. The SMILES string of the molecule is CCCCCC/C=C\COC(=O)CCCCCCCN(CCCCCCCC(=O)OC/C=C\CCCCCC)CCCCSSCCC(NC(=O)CCN(CC(O)CCCCCCCC)CC(O)CCCCCCCC)C(=O)NCCCCN1CCOCC1. The molecule has 0 radical (unpaired) electrons. The zero-order valence-electron chi connectivity index (χ0n) is 58.0. The monoisotopic (exact) mass is 1290 g/mol. The van der Waals surface area contributed by atoms with Gasteiger partial charge in [-0.1, -0.05) is 228 Å². The summed E-state index contributed by atoms with van der Waals surface area (Å²) in [6.45, 7) is 19.2. The quantitative estimate of drug-likeness (QED) is 0.0196. The summed E-state index contributed by atoms with van der Waals surface area (Å²) < 4.78 is 16.4. The number of hydrogen-bond donors (Lipinski definition) is 4. The lowest BCUT2D eigenvalue weighted by atomic mass is 10.1. The Kier molecular flexibility index (Phi) is 62.8. The lowest BCUT2D eigenvalue weighted by Crippen LogP contribution is -2.48. The van der Waals surface area contributed by atoms with Crippen LogP contribution in [-0.4, -0.2) is 170 Å². The van der Waals surface area contributed by atoms with Crippen LogP contribution in [0.2, 0.25) is 0 Å². The lowest BCUT2D eigenvalue weighted by molar-refractivity contribution is -0.143. The number of rotatable bonds is 67. The van der Waals surface area contributed by atoms with Gasteiger partial charge in [-0.3, -0.25) is 29.0 Å². The number of carbonyl (C=O) groups is 4. The van der Waals surface area contributed by atoms with Crippen molar-refractivity contribution in [3.63, 3.8) is 0 Å². The Morgan fingerprint density at radius 3 is 1.45 bits per heavy atom. The number of morpholine rings is 1. The van der Waals surface area contributed by atoms with Crippen LogP contribution in [0.4, 0.5) is 0 Å². The minimum atomic E-state index is -0.633. The molecule has 3 atom stereocenters. The fraction of sp³-hybridized carbons (Fsp3) is 0.890. The summed E-state index contributed by atoms with van der Waals surface area (Å²) in [5.74, 6) is 1.27. The minimum Gasteiger partial charge on any atom is -0.461 e. The van der Waals surface area contributed by atoms with E-state index >= 15 is 0 Å². The van der Waals surface area contributed by atoms with Gasteiger partial charge in [0.15, 0.2) is 0 Å². The van der Waals surface area contributed by atoms with Crippen molar-refractivity contribution in [2.24, 2.45) is 0 Å². The third-order valence-electron chi connectivity index (χ3n) is 17.0. The topological polar surface area (TPSA) is 170 Å². The summed E-state index contributed by atoms with van der Waals surface area (Å²) in [5.41, 5.74) is 0. The van der Waals surface area contributed by atoms with E-state index in [1.165, 1.54) is 103 Å². The van der Waals surface area contributed by atoms with Crippen LogP contribution in [0.5, 0.6) is 0 Å². The van der Waals surface area contributed by atoms with E-state index in [1.807, 2.05) is 22.9 Å². The van der Waals surface area contributed by atoms with E-state index in [9.17, 15) is 29.4 Å². The third-order valence-corrected chi connectivity index (χ3v) is 19.6. The van der Waals surface area contributed by atoms with Crippen LogP contribution in [0.1, 0.15) is 297 Å². The first-order valence-corrected chi connectivity index (χ1v) is 39.6. The average Bonchev–Trinajstić information content (AvgIpc) is 3.58. The molecule has 16 heteroatoms. The molecule has 0 saturated carbocycles. The van der Waals surface area contributed by atoms with E-state index in [2.05, 4.69) is 65.2 Å². The van der Waals surface area contributed by atoms with E-state index in [-0.39, 0.29) is 30.2 Å². The molecule has 1 aliphatic heterocycles. The standard InChI is InChI=1S/C73H139N5O9S2/c1-5-9-13-17-21-31-42-59-86-71(82)47-35-27-23-29-38-52-76(53-39-30-24-28-36-48-72(83)87-60-43-32-22-18-14-10-6-2)55-41-44-63-88-89-64-50-69(73(84)74-51-37-40-54-77-57-61-85-62-58-77)75-70(81)49-56-78(65-67(79)45-33-25-19-15-11-7-3)66-68(80)46-34-26-20-16-12-8-4/h31-32,42-43,67-69,79-80H,5-30,33-41,44-66H2,1-4H3,(H,74,84)(H,75,81)/b42-31-,43-32-. The zero-order valence-corrected chi connectivity index (χ0v) is 59.6. The molecule has 1 rings (SSSR count). The van der Waals surface area contributed by atoms with E-state index in [0.29, 0.717) is 58.7 Å². The molecule has 0 spiro atoms. The van der Waals surface area contributed by atoms with Gasteiger partial charge >= 0.3 is 11.9 Å². The zero-order chi connectivity index (χ0) is 64.6. The lowest BCUT2D eigenvalue weighted by Gasteiger charge is -2.28. The largest absolute Gasteiger partial charge is 0.461 e. The van der Waals surface area contributed by atoms with Crippen molar-refractivity contribution >= 4 is 45.3 Å². The Bertz CT molecular complexity index is 1580. The van der Waals surface area contributed by atoms with Crippen LogP contribution in [-0.2, 0) is 33.4 Å². The number of carbonyl (C=O) groups excluding carboxylic acids is 4. The van der Waals surface area contributed by atoms with Crippen LogP contribution in [0.15, 0.2) is 24.3 Å². The molecule has 522 valence electrons. The molecule has 0 aromatic heterocycles. The normalized spacial score (nSPS) is 14.1.